The van der Waals surface area contributed by atoms with E-state index in [9.17, 15) is 10.1 Å². The van der Waals surface area contributed by atoms with Crippen molar-refractivity contribution in [1.29, 1.82) is 5.26 Å². The molecule has 1 atom stereocenters. The number of nitriles is 1. The Morgan fingerprint density at radius 2 is 1.81 bits per heavy atom. The fourth-order valence-electron chi connectivity index (χ4n) is 2.16. The molecule has 0 aliphatic rings. The van der Waals surface area contributed by atoms with Crippen molar-refractivity contribution in [2.75, 3.05) is 0 Å². The van der Waals surface area contributed by atoms with E-state index < -0.39 is 4.92 Å². The van der Waals surface area contributed by atoms with Crippen LogP contribution >= 0.6 is 0 Å². The molecule has 0 radical (unpaired) electrons. The van der Waals surface area contributed by atoms with Crippen molar-refractivity contribution in [3.8, 4) is 6.07 Å². The Kier molecular flexibility index (Phi) is 5.02. The van der Waals surface area contributed by atoms with Gasteiger partial charge in [-0.1, -0.05) is 48.5 Å². The molecule has 0 amide bonds. The molecule has 0 heterocycles. The molecule has 0 aliphatic carbocycles. The normalized spacial score (nSPS) is 11.6. The minimum Gasteiger partial charge on any atom is -0.305 e. The highest BCUT2D eigenvalue weighted by molar-refractivity contribution is 5.39. The summed E-state index contributed by atoms with van der Waals surface area (Å²) in [6.45, 7) is 0.346. The maximum absolute atomic E-state index is 11.0. The number of nitrogens with zero attached hydrogens (tertiary/aromatic N) is 2. The number of nitrogens with one attached hydrogen (secondary N) is 1. The number of nitro groups is 1. The first kappa shape index (κ1) is 14.7. The van der Waals surface area contributed by atoms with Crippen LogP contribution in [-0.2, 0) is 6.54 Å². The Labute approximate surface area is 123 Å². The van der Waals surface area contributed by atoms with Crippen LogP contribution in [-0.4, -0.2) is 4.92 Å². The van der Waals surface area contributed by atoms with Gasteiger partial charge in [-0.3, -0.25) is 10.1 Å². The molecule has 0 spiro atoms. The van der Waals surface area contributed by atoms with Gasteiger partial charge in [-0.25, -0.2) is 0 Å². The Hall–Kier alpha value is -2.71. The molecule has 1 unspecified atom stereocenters. The number of para-hydroxylation sites is 1. The van der Waals surface area contributed by atoms with E-state index in [4.69, 9.17) is 5.26 Å². The first-order valence-electron chi connectivity index (χ1n) is 6.60. The van der Waals surface area contributed by atoms with Crippen LogP contribution < -0.4 is 5.32 Å². The summed E-state index contributed by atoms with van der Waals surface area (Å²) in [6, 6.07) is 18.2. The van der Waals surface area contributed by atoms with Crippen LogP contribution in [0, 0.1) is 21.4 Å². The lowest BCUT2D eigenvalue weighted by Gasteiger charge is -2.16. The number of nitro benzene ring substituents is 1. The molecule has 0 aromatic heterocycles. The summed E-state index contributed by atoms with van der Waals surface area (Å²) >= 11 is 0. The van der Waals surface area contributed by atoms with Crippen molar-refractivity contribution in [3.05, 3.63) is 75.8 Å². The highest BCUT2D eigenvalue weighted by Crippen LogP contribution is 2.20. The largest absolute Gasteiger partial charge is 0.305 e. The predicted molar refractivity (Wildman–Crippen MR) is 79.3 cm³/mol. The summed E-state index contributed by atoms with van der Waals surface area (Å²) in [6.07, 6.45) is 0.310. The molecule has 5 heteroatoms. The second-order valence-electron chi connectivity index (χ2n) is 4.59. The standard InChI is InChI=1S/C16H15N3O2/c17-11-10-15(13-6-2-1-3-7-13)18-12-14-8-4-5-9-16(14)19(20)21/h1-9,15,18H,10,12H2. The zero-order valence-corrected chi connectivity index (χ0v) is 11.4. The van der Waals surface area contributed by atoms with E-state index in [1.807, 2.05) is 30.3 Å². The third-order valence-corrected chi connectivity index (χ3v) is 3.22. The lowest BCUT2D eigenvalue weighted by atomic mass is 10.0. The van der Waals surface area contributed by atoms with Gasteiger partial charge >= 0.3 is 0 Å². The summed E-state index contributed by atoms with van der Waals surface area (Å²) in [4.78, 5) is 10.6. The second kappa shape index (κ2) is 7.17. The monoisotopic (exact) mass is 281 g/mol. The zero-order valence-electron chi connectivity index (χ0n) is 11.4. The van der Waals surface area contributed by atoms with Crippen molar-refractivity contribution < 1.29 is 4.92 Å². The van der Waals surface area contributed by atoms with E-state index in [-0.39, 0.29) is 11.7 Å². The summed E-state index contributed by atoms with van der Waals surface area (Å²) in [5.41, 5.74) is 1.70. The second-order valence-corrected chi connectivity index (χ2v) is 4.59. The Bertz CT molecular complexity index is 650. The maximum atomic E-state index is 11.0. The van der Waals surface area contributed by atoms with Crippen LogP contribution in [0.1, 0.15) is 23.6 Å². The highest BCUT2D eigenvalue weighted by Gasteiger charge is 2.15. The summed E-state index contributed by atoms with van der Waals surface area (Å²) in [5.74, 6) is 0. The third-order valence-electron chi connectivity index (χ3n) is 3.22. The van der Waals surface area contributed by atoms with Crippen LogP contribution in [0.4, 0.5) is 5.69 Å². The lowest BCUT2D eigenvalue weighted by molar-refractivity contribution is -0.385. The zero-order chi connectivity index (χ0) is 15.1. The minimum absolute atomic E-state index is 0.0915. The number of hydrogen-bond donors (Lipinski definition) is 1. The SMILES string of the molecule is N#CCC(NCc1ccccc1[N+](=O)[O-])c1ccccc1. The van der Waals surface area contributed by atoms with Gasteiger partial charge in [0.05, 0.1) is 17.4 Å². The molecule has 0 saturated carbocycles. The molecule has 2 rings (SSSR count). The van der Waals surface area contributed by atoms with E-state index in [0.717, 1.165) is 5.56 Å². The molecule has 0 aliphatic heterocycles. The molecular weight excluding hydrogens is 266 g/mol. The van der Waals surface area contributed by atoms with Crippen LogP contribution in [0.2, 0.25) is 0 Å². The molecule has 0 saturated heterocycles. The summed E-state index contributed by atoms with van der Waals surface area (Å²) < 4.78 is 0. The van der Waals surface area contributed by atoms with Gasteiger partial charge in [-0.15, -0.1) is 0 Å². The molecular formula is C16H15N3O2. The van der Waals surface area contributed by atoms with Crippen molar-refractivity contribution in [2.24, 2.45) is 0 Å². The van der Waals surface area contributed by atoms with Crippen LogP contribution in [0.25, 0.3) is 0 Å². The molecule has 0 fully saturated rings. The topological polar surface area (TPSA) is 79.0 Å². The number of benzene rings is 2. The van der Waals surface area contributed by atoms with Gasteiger partial charge in [0.15, 0.2) is 0 Å². The fraction of sp³-hybridized carbons (Fsp3) is 0.188. The first-order valence-corrected chi connectivity index (χ1v) is 6.60. The van der Waals surface area contributed by atoms with E-state index in [2.05, 4.69) is 11.4 Å². The van der Waals surface area contributed by atoms with Gasteiger partial charge in [0.25, 0.3) is 5.69 Å². The van der Waals surface area contributed by atoms with E-state index in [0.29, 0.717) is 18.5 Å². The highest BCUT2D eigenvalue weighted by atomic mass is 16.6. The van der Waals surface area contributed by atoms with Crippen LogP contribution in [0.3, 0.4) is 0 Å². The van der Waals surface area contributed by atoms with Crippen molar-refractivity contribution in [3.63, 3.8) is 0 Å². The average molecular weight is 281 g/mol. The number of rotatable bonds is 6. The molecule has 106 valence electrons. The van der Waals surface area contributed by atoms with Gasteiger partial charge in [0.1, 0.15) is 0 Å². The molecule has 2 aromatic carbocycles. The van der Waals surface area contributed by atoms with E-state index in [1.165, 1.54) is 6.07 Å². The van der Waals surface area contributed by atoms with Gasteiger partial charge in [0, 0.05) is 24.2 Å². The van der Waals surface area contributed by atoms with Crippen LogP contribution in [0.15, 0.2) is 54.6 Å². The van der Waals surface area contributed by atoms with Gasteiger partial charge in [-0.2, -0.15) is 5.26 Å². The van der Waals surface area contributed by atoms with Crippen molar-refractivity contribution in [1.82, 2.24) is 5.32 Å². The molecule has 2 aromatic rings. The van der Waals surface area contributed by atoms with Crippen LogP contribution in [0.5, 0.6) is 0 Å². The quantitative estimate of drug-likeness (QED) is 0.650. The van der Waals surface area contributed by atoms with Crippen molar-refractivity contribution in [2.45, 2.75) is 19.0 Å². The van der Waals surface area contributed by atoms with Gasteiger partial charge < -0.3 is 5.32 Å². The maximum Gasteiger partial charge on any atom is 0.273 e. The van der Waals surface area contributed by atoms with Gasteiger partial charge in [0.2, 0.25) is 0 Å². The van der Waals surface area contributed by atoms with Gasteiger partial charge in [-0.05, 0) is 5.56 Å². The van der Waals surface area contributed by atoms with E-state index in [1.54, 1.807) is 18.2 Å². The predicted octanol–water partition coefficient (Wildman–Crippen LogP) is 3.34. The average Bonchev–Trinajstić information content (AvgIpc) is 2.52. The molecule has 5 nitrogen and oxygen atoms in total. The third kappa shape index (κ3) is 3.88. The Balaban J connectivity index is 2.13. The summed E-state index contributed by atoms with van der Waals surface area (Å²) in [5, 5.41) is 23.1. The smallest absolute Gasteiger partial charge is 0.273 e. The first-order chi connectivity index (χ1) is 10.2. The Morgan fingerprint density at radius 3 is 2.48 bits per heavy atom. The summed E-state index contributed by atoms with van der Waals surface area (Å²) in [7, 11) is 0. The molecule has 0 bridgehead atoms. The van der Waals surface area contributed by atoms with E-state index >= 15 is 0 Å². The fourth-order valence-corrected chi connectivity index (χ4v) is 2.16. The number of hydrogen-bond acceptors (Lipinski definition) is 4. The Morgan fingerprint density at radius 1 is 1.14 bits per heavy atom. The lowest BCUT2D eigenvalue weighted by Crippen LogP contribution is -2.21. The molecule has 21 heavy (non-hydrogen) atoms. The molecule has 1 N–H and O–H groups in total. The van der Waals surface area contributed by atoms with Crippen molar-refractivity contribution >= 4 is 5.69 Å². The minimum atomic E-state index is -0.390.